The summed E-state index contributed by atoms with van der Waals surface area (Å²) >= 11 is 2.09. The second-order valence-corrected chi connectivity index (χ2v) is 10.9. The number of rotatable bonds is 6. The number of aromatic nitrogens is 1. The van der Waals surface area contributed by atoms with E-state index in [2.05, 4.69) is 32.5 Å². The lowest BCUT2D eigenvalue weighted by molar-refractivity contribution is -0.00317. The molecule has 1 saturated heterocycles. The Morgan fingerprint density at radius 2 is 2.00 bits per heavy atom. The molecule has 1 N–H and O–H groups in total. The summed E-state index contributed by atoms with van der Waals surface area (Å²) in [6.07, 6.45) is 0.123. The number of hydrogen-bond acceptors (Lipinski definition) is 6. The second kappa shape index (κ2) is 11.1. The molecule has 1 aromatic carbocycles. The molecule has 35 heavy (non-hydrogen) atoms. The number of ether oxygens (including phenoxy) is 2. The maximum absolute atomic E-state index is 13.5. The maximum atomic E-state index is 13.5. The Labute approximate surface area is 218 Å². The van der Waals surface area contributed by atoms with E-state index < -0.39 is 23.5 Å². The van der Waals surface area contributed by atoms with Crippen LogP contribution >= 0.6 is 22.6 Å². The first kappa shape index (κ1) is 27.1. The molecule has 0 spiro atoms. The fraction of sp³-hybridized carbons (Fsp3) is 0.480. The van der Waals surface area contributed by atoms with Crippen molar-refractivity contribution < 1.29 is 28.6 Å². The summed E-state index contributed by atoms with van der Waals surface area (Å²) in [6, 6.07) is 6.02. The first-order valence-electron chi connectivity index (χ1n) is 11.4. The molecule has 2 heterocycles. The summed E-state index contributed by atoms with van der Waals surface area (Å²) in [6.45, 7) is 11.3. The van der Waals surface area contributed by atoms with Crippen LogP contribution in [0.3, 0.4) is 0 Å². The summed E-state index contributed by atoms with van der Waals surface area (Å²) < 4.78 is 26.1. The van der Waals surface area contributed by atoms with E-state index in [0.717, 1.165) is 15.3 Å². The van der Waals surface area contributed by atoms with Crippen LogP contribution in [0.15, 0.2) is 30.5 Å². The van der Waals surface area contributed by atoms with Crippen LogP contribution in [0.5, 0.6) is 5.75 Å². The monoisotopic (exact) mass is 599 g/mol. The predicted octanol–water partition coefficient (Wildman–Crippen LogP) is 4.89. The van der Waals surface area contributed by atoms with Gasteiger partial charge in [-0.1, -0.05) is 0 Å². The number of pyridine rings is 1. The van der Waals surface area contributed by atoms with Gasteiger partial charge in [-0.25, -0.2) is 14.0 Å². The van der Waals surface area contributed by atoms with Gasteiger partial charge in [0.25, 0.3) is 0 Å². The smallest absolute Gasteiger partial charge is 0.410 e. The third kappa shape index (κ3) is 7.26. The number of benzene rings is 1. The zero-order valence-corrected chi connectivity index (χ0v) is 22.7. The Hall–Kier alpha value is -2.47. The largest absolute Gasteiger partial charge is 0.482 e. The van der Waals surface area contributed by atoms with Gasteiger partial charge in [0, 0.05) is 35.8 Å². The molecular formula is C25H31FIN3O5. The number of piperazine rings is 1. The van der Waals surface area contributed by atoms with Gasteiger partial charge in [-0.2, -0.15) is 0 Å². The van der Waals surface area contributed by atoms with E-state index in [1.807, 2.05) is 34.6 Å². The van der Waals surface area contributed by atoms with Crippen LogP contribution in [-0.4, -0.2) is 69.8 Å². The van der Waals surface area contributed by atoms with Crippen LogP contribution in [0.4, 0.5) is 9.18 Å². The fourth-order valence-electron chi connectivity index (χ4n) is 3.87. The molecule has 0 aliphatic carbocycles. The molecule has 0 bridgehead atoms. The molecular weight excluding hydrogens is 568 g/mol. The van der Waals surface area contributed by atoms with Crippen LogP contribution in [0.2, 0.25) is 0 Å². The number of aryl methyl sites for hydroxylation is 1. The zero-order valence-electron chi connectivity index (χ0n) is 20.5. The van der Waals surface area contributed by atoms with Crippen molar-refractivity contribution in [3.63, 3.8) is 0 Å². The predicted molar refractivity (Wildman–Crippen MR) is 137 cm³/mol. The normalized spacial score (nSPS) is 17.7. The highest BCUT2D eigenvalue weighted by Gasteiger charge is 2.32. The average Bonchev–Trinajstić information content (AvgIpc) is 2.74. The van der Waals surface area contributed by atoms with Crippen molar-refractivity contribution in [1.82, 2.24) is 14.8 Å². The van der Waals surface area contributed by atoms with Crippen molar-refractivity contribution in [2.24, 2.45) is 0 Å². The molecule has 3 rings (SSSR count). The van der Waals surface area contributed by atoms with Gasteiger partial charge in [-0.05, 0) is 87.0 Å². The van der Waals surface area contributed by atoms with Gasteiger partial charge in [-0.3, -0.25) is 9.88 Å². The first-order valence-corrected chi connectivity index (χ1v) is 12.5. The van der Waals surface area contributed by atoms with Gasteiger partial charge in [0.1, 0.15) is 22.7 Å². The Balaban J connectivity index is 1.81. The Morgan fingerprint density at radius 3 is 2.57 bits per heavy atom. The van der Waals surface area contributed by atoms with E-state index in [0.29, 0.717) is 31.9 Å². The lowest BCUT2D eigenvalue weighted by atomic mass is 10.1. The van der Waals surface area contributed by atoms with Gasteiger partial charge in [0.05, 0.1) is 11.9 Å². The Bertz CT molecular complexity index is 1070. The fourth-order valence-corrected chi connectivity index (χ4v) is 4.33. The molecule has 10 heteroatoms. The van der Waals surface area contributed by atoms with Crippen LogP contribution in [-0.2, 0) is 4.74 Å². The Kier molecular flexibility index (Phi) is 8.58. The number of hydrogen-bond donors (Lipinski definition) is 1. The third-order valence-electron chi connectivity index (χ3n) is 5.60. The van der Waals surface area contributed by atoms with Crippen molar-refractivity contribution >= 4 is 34.7 Å². The minimum atomic E-state index is -1.09. The SMILES string of the molecule is Cc1cc(OC(CN2CCN(C(=O)OC(C)(C)C)[C@H](C)C2)c2ccc(F)cn2)c(C(=O)O)cc1I. The lowest BCUT2D eigenvalue weighted by Gasteiger charge is -2.41. The van der Waals surface area contributed by atoms with Crippen LogP contribution < -0.4 is 4.74 Å². The van der Waals surface area contributed by atoms with Crippen LogP contribution in [0.25, 0.3) is 0 Å². The minimum Gasteiger partial charge on any atom is -0.482 e. The molecule has 0 saturated carbocycles. The first-order chi connectivity index (χ1) is 16.3. The number of aromatic carboxylic acids is 1. The second-order valence-electron chi connectivity index (χ2n) is 9.69. The Morgan fingerprint density at radius 1 is 1.29 bits per heavy atom. The molecule has 1 fully saturated rings. The molecule has 1 aliphatic heterocycles. The van der Waals surface area contributed by atoms with Gasteiger partial charge in [0.15, 0.2) is 6.10 Å². The van der Waals surface area contributed by atoms with Crippen molar-refractivity contribution in [2.45, 2.75) is 52.4 Å². The summed E-state index contributed by atoms with van der Waals surface area (Å²) in [5.74, 6) is -1.33. The highest BCUT2D eigenvalue weighted by atomic mass is 127. The van der Waals surface area contributed by atoms with E-state index in [9.17, 15) is 19.1 Å². The highest BCUT2D eigenvalue weighted by molar-refractivity contribution is 14.1. The summed E-state index contributed by atoms with van der Waals surface area (Å²) in [5.41, 5.74) is 0.849. The van der Waals surface area contributed by atoms with Gasteiger partial charge in [-0.15, -0.1) is 0 Å². The molecule has 1 aliphatic rings. The molecule has 2 aromatic rings. The number of carbonyl (C=O) groups is 2. The minimum absolute atomic E-state index is 0.0511. The number of carbonyl (C=O) groups excluding carboxylic acids is 1. The molecule has 1 amide bonds. The van der Waals surface area contributed by atoms with Crippen LogP contribution in [0.1, 0.15) is 55.4 Å². The molecule has 2 atom stereocenters. The topological polar surface area (TPSA) is 92.2 Å². The molecule has 1 unspecified atom stereocenters. The van der Waals surface area contributed by atoms with Crippen molar-refractivity contribution in [3.8, 4) is 5.75 Å². The van der Waals surface area contributed by atoms with Gasteiger partial charge >= 0.3 is 12.1 Å². The average molecular weight is 599 g/mol. The van der Waals surface area contributed by atoms with Crippen molar-refractivity contribution in [1.29, 1.82) is 0 Å². The number of nitrogens with zero attached hydrogens (tertiary/aromatic N) is 3. The summed E-state index contributed by atoms with van der Waals surface area (Å²) in [7, 11) is 0. The van der Waals surface area contributed by atoms with E-state index in [1.165, 1.54) is 6.07 Å². The highest BCUT2D eigenvalue weighted by Crippen LogP contribution is 2.30. The third-order valence-corrected chi connectivity index (χ3v) is 6.77. The number of carboxylic acids is 1. The zero-order chi connectivity index (χ0) is 25.9. The van der Waals surface area contributed by atoms with Crippen molar-refractivity contribution in [2.75, 3.05) is 26.2 Å². The quantitative estimate of drug-likeness (QED) is 0.473. The number of amides is 1. The standard InChI is InChI=1S/C25H31FIN3O5/c1-15-10-21(18(23(31)32)11-19(15)27)34-22(20-7-6-17(26)12-28-20)14-29-8-9-30(16(2)13-29)24(33)35-25(3,4)5/h6-7,10-12,16,22H,8-9,13-14H2,1-5H3,(H,31,32)/t16-,22?/m1/s1. The lowest BCUT2D eigenvalue weighted by Crippen LogP contribution is -2.55. The maximum Gasteiger partial charge on any atom is 0.410 e. The number of carboxylic acid groups (broad SMARTS) is 1. The van der Waals surface area contributed by atoms with Gasteiger partial charge in [0.2, 0.25) is 0 Å². The summed E-state index contributed by atoms with van der Waals surface area (Å²) in [4.78, 5) is 32.5. The molecule has 190 valence electrons. The van der Waals surface area contributed by atoms with E-state index in [1.54, 1.807) is 23.1 Å². The molecule has 0 radical (unpaired) electrons. The summed E-state index contributed by atoms with van der Waals surface area (Å²) in [5, 5.41) is 9.71. The molecule has 1 aromatic heterocycles. The number of halogens is 2. The van der Waals surface area contributed by atoms with Crippen LogP contribution in [0, 0.1) is 16.3 Å². The van der Waals surface area contributed by atoms with E-state index in [4.69, 9.17) is 9.47 Å². The van der Waals surface area contributed by atoms with Crippen molar-refractivity contribution in [3.05, 3.63) is 56.7 Å². The molecule has 8 nitrogen and oxygen atoms in total. The van der Waals surface area contributed by atoms with Gasteiger partial charge < -0.3 is 19.5 Å². The van der Waals surface area contributed by atoms with E-state index in [-0.39, 0.29) is 23.4 Å². The van der Waals surface area contributed by atoms with E-state index >= 15 is 0 Å².